The van der Waals surface area contributed by atoms with Crippen LogP contribution in [0.3, 0.4) is 0 Å². The molecule has 5 nitrogen and oxygen atoms in total. The van der Waals surface area contributed by atoms with Crippen LogP contribution < -0.4 is 0 Å². The molecule has 5 aromatic heterocycles. The minimum Gasteiger partial charge on any atom is -0.309 e. The van der Waals surface area contributed by atoms with Crippen molar-refractivity contribution < 1.29 is 0 Å². The van der Waals surface area contributed by atoms with E-state index in [1.165, 1.54) is 65.2 Å². The van der Waals surface area contributed by atoms with Crippen molar-refractivity contribution in [2.24, 2.45) is 0 Å². The highest BCUT2D eigenvalue weighted by Crippen LogP contribution is 2.48. The lowest BCUT2D eigenvalue weighted by Crippen LogP contribution is -2.04. The van der Waals surface area contributed by atoms with Gasteiger partial charge < -0.3 is 8.97 Å². The summed E-state index contributed by atoms with van der Waals surface area (Å²) in [6, 6.07) is 68.0. The Morgan fingerprint density at radius 1 is 0.339 bits per heavy atom. The zero-order valence-electron chi connectivity index (χ0n) is 31.6. The highest BCUT2D eigenvalue weighted by atomic mass is 15.2. The van der Waals surface area contributed by atoms with Crippen molar-refractivity contribution >= 4 is 103 Å². The average molecular weight is 750 g/mol. The molecule has 0 radical (unpaired) electrons. The standard InChI is InChI=1S/C54H31N5/c1-3-16-33(17-4-1)50-41-30-29-32-15-7-8-20-35(32)51(41)56-54(55-50)58-44-28-14-23-37-39-25-13-24-38-36-21-9-11-26-42(36)59(52(38)39)53-48-40-22-10-12-27-43(40)57(34-18-5-2-6-19-34)45(48)31-46(58)49(53)47(37)44/h1-31H. The third kappa shape index (κ3) is 3.98. The van der Waals surface area contributed by atoms with Crippen LogP contribution in [0.1, 0.15) is 0 Å². The van der Waals surface area contributed by atoms with Crippen molar-refractivity contribution in [3.8, 4) is 22.9 Å². The van der Waals surface area contributed by atoms with Crippen LogP contribution in [0.25, 0.3) is 126 Å². The summed E-state index contributed by atoms with van der Waals surface area (Å²) in [5.74, 6) is 0.647. The van der Waals surface area contributed by atoms with E-state index < -0.39 is 0 Å². The first kappa shape index (κ1) is 31.1. The summed E-state index contributed by atoms with van der Waals surface area (Å²) in [4.78, 5) is 11.2. The number of hydrogen-bond donors (Lipinski definition) is 0. The SMILES string of the molecule is c1ccc(-c2nc(-n3c4cccc5c6cccc7c8ccccc8n(c67)c6c7c8ccccc8n(-c8ccccc8)c7cc3c6c54)nc3c2ccc2ccccc23)cc1. The summed E-state index contributed by atoms with van der Waals surface area (Å²) in [6.45, 7) is 0. The first-order chi connectivity index (χ1) is 29.3. The number of hydrogen-bond acceptors (Lipinski definition) is 2. The van der Waals surface area contributed by atoms with Gasteiger partial charge in [0.05, 0.1) is 49.8 Å². The molecule has 14 rings (SSSR count). The lowest BCUT2D eigenvalue weighted by atomic mass is 10.0. The summed E-state index contributed by atoms with van der Waals surface area (Å²) in [6.07, 6.45) is 0. The molecule has 0 atom stereocenters. The summed E-state index contributed by atoms with van der Waals surface area (Å²) < 4.78 is 7.35. The Bertz CT molecular complexity index is 4060. The summed E-state index contributed by atoms with van der Waals surface area (Å²) >= 11 is 0. The topological polar surface area (TPSA) is 40.0 Å². The van der Waals surface area contributed by atoms with E-state index in [2.05, 4.69) is 202 Å². The van der Waals surface area contributed by atoms with E-state index in [0.717, 1.165) is 55.2 Å². The van der Waals surface area contributed by atoms with Gasteiger partial charge in [-0.05, 0) is 53.2 Å². The van der Waals surface area contributed by atoms with E-state index >= 15 is 0 Å². The molecular weight excluding hydrogens is 719 g/mol. The molecule has 9 aromatic carbocycles. The van der Waals surface area contributed by atoms with Gasteiger partial charge in [0.2, 0.25) is 5.95 Å². The Labute approximate surface area is 336 Å². The van der Waals surface area contributed by atoms with Crippen LogP contribution in [0.4, 0.5) is 0 Å². The minimum atomic E-state index is 0.647. The fraction of sp³-hybridized carbons (Fsp3) is 0. The maximum absolute atomic E-state index is 5.60. The molecule has 0 unspecified atom stereocenters. The Kier molecular flexibility index (Phi) is 5.96. The van der Waals surface area contributed by atoms with Crippen molar-refractivity contribution in [1.82, 2.24) is 23.5 Å². The molecule has 0 N–H and O–H groups in total. The second-order valence-electron chi connectivity index (χ2n) is 15.7. The van der Waals surface area contributed by atoms with Crippen LogP contribution in [-0.2, 0) is 0 Å². The van der Waals surface area contributed by atoms with Gasteiger partial charge in [0, 0.05) is 59.7 Å². The Balaban J connectivity index is 1.30. The van der Waals surface area contributed by atoms with Crippen LogP contribution in [-0.4, -0.2) is 23.5 Å². The molecule has 59 heavy (non-hydrogen) atoms. The predicted octanol–water partition coefficient (Wildman–Crippen LogP) is 13.8. The second-order valence-corrected chi connectivity index (χ2v) is 15.7. The van der Waals surface area contributed by atoms with Crippen molar-refractivity contribution in [1.29, 1.82) is 0 Å². The molecule has 5 heteroatoms. The van der Waals surface area contributed by atoms with Gasteiger partial charge in [0.25, 0.3) is 0 Å². The molecule has 0 fully saturated rings. The van der Waals surface area contributed by atoms with E-state index in [1.54, 1.807) is 0 Å². The predicted molar refractivity (Wildman–Crippen MR) is 246 cm³/mol. The van der Waals surface area contributed by atoms with Crippen LogP contribution in [0.5, 0.6) is 0 Å². The molecule has 0 aliphatic rings. The van der Waals surface area contributed by atoms with Gasteiger partial charge in [0.1, 0.15) is 0 Å². The molecule has 0 saturated heterocycles. The van der Waals surface area contributed by atoms with Crippen LogP contribution in [0.2, 0.25) is 0 Å². The van der Waals surface area contributed by atoms with Gasteiger partial charge in [-0.2, -0.15) is 0 Å². The Hall–Kier alpha value is -8.02. The largest absolute Gasteiger partial charge is 0.309 e. The number of benzene rings is 9. The number of aromatic nitrogens is 5. The number of rotatable bonds is 3. The first-order valence-corrected chi connectivity index (χ1v) is 20.2. The van der Waals surface area contributed by atoms with E-state index in [4.69, 9.17) is 9.97 Å². The van der Waals surface area contributed by atoms with E-state index in [1.807, 2.05) is 0 Å². The molecule has 272 valence electrons. The van der Waals surface area contributed by atoms with E-state index in [-0.39, 0.29) is 0 Å². The molecular formula is C54H31N5. The van der Waals surface area contributed by atoms with Gasteiger partial charge in [-0.25, -0.2) is 9.97 Å². The van der Waals surface area contributed by atoms with Crippen LogP contribution in [0, 0.1) is 0 Å². The zero-order valence-corrected chi connectivity index (χ0v) is 31.6. The summed E-state index contributed by atoms with van der Waals surface area (Å²) in [5, 5.41) is 13.1. The molecule has 0 spiro atoms. The first-order valence-electron chi connectivity index (χ1n) is 20.2. The van der Waals surface area contributed by atoms with Gasteiger partial charge in [0.15, 0.2) is 0 Å². The summed E-state index contributed by atoms with van der Waals surface area (Å²) in [5.41, 5.74) is 12.1. The highest BCUT2D eigenvalue weighted by Gasteiger charge is 2.28. The minimum absolute atomic E-state index is 0.647. The fourth-order valence-electron chi connectivity index (χ4n) is 10.4. The molecule has 0 amide bonds. The number of nitrogens with zero attached hydrogens (tertiary/aromatic N) is 5. The van der Waals surface area contributed by atoms with Crippen LogP contribution in [0.15, 0.2) is 188 Å². The third-order valence-corrected chi connectivity index (χ3v) is 12.7. The molecule has 5 heterocycles. The molecule has 0 aliphatic carbocycles. The fourth-order valence-corrected chi connectivity index (χ4v) is 10.4. The monoisotopic (exact) mass is 749 g/mol. The number of para-hydroxylation sites is 4. The molecule has 0 aliphatic heterocycles. The quantitative estimate of drug-likeness (QED) is 0.169. The Morgan fingerprint density at radius 2 is 0.966 bits per heavy atom. The van der Waals surface area contributed by atoms with Crippen molar-refractivity contribution in [2.45, 2.75) is 0 Å². The summed E-state index contributed by atoms with van der Waals surface area (Å²) in [7, 11) is 0. The smallest absolute Gasteiger partial charge is 0.235 e. The second kappa shape index (κ2) is 11.3. The third-order valence-electron chi connectivity index (χ3n) is 12.7. The molecule has 0 bridgehead atoms. The van der Waals surface area contributed by atoms with Crippen molar-refractivity contribution in [3.05, 3.63) is 188 Å². The Morgan fingerprint density at radius 3 is 1.81 bits per heavy atom. The normalized spacial score (nSPS) is 12.4. The van der Waals surface area contributed by atoms with Crippen LogP contribution >= 0.6 is 0 Å². The van der Waals surface area contributed by atoms with Gasteiger partial charge in [-0.3, -0.25) is 4.57 Å². The highest BCUT2D eigenvalue weighted by molar-refractivity contribution is 6.37. The maximum Gasteiger partial charge on any atom is 0.235 e. The molecule has 14 aromatic rings. The van der Waals surface area contributed by atoms with E-state index in [0.29, 0.717) is 5.95 Å². The van der Waals surface area contributed by atoms with Gasteiger partial charge >= 0.3 is 0 Å². The van der Waals surface area contributed by atoms with Gasteiger partial charge in [-0.15, -0.1) is 0 Å². The van der Waals surface area contributed by atoms with Gasteiger partial charge in [-0.1, -0.05) is 146 Å². The zero-order chi connectivity index (χ0) is 38.3. The van der Waals surface area contributed by atoms with Crippen molar-refractivity contribution in [2.75, 3.05) is 0 Å². The number of fused-ring (bicyclic) bond motifs is 12. The lowest BCUT2D eigenvalue weighted by Gasteiger charge is -2.14. The lowest BCUT2D eigenvalue weighted by molar-refractivity contribution is 1.02. The molecule has 0 saturated carbocycles. The maximum atomic E-state index is 5.60. The van der Waals surface area contributed by atoms with E-state index in [9.17, 15) is 0 Å². The van der Waals surface area contributed by atoms with Crippen molar-refractivity contribution in [3.63, 3.8) is 0 Å². The average Bonchev–Trinajstić information content (AvgIpc) is 3.91.